The minimum Gasteiger partial charge on any atom is -0.492 e. The predicted molar refractivity (Wildman–Crippen MR) is 155 cm³/mol. The first kappa shape index (κ1) is 29.2. The van der Waals surface area contributed by atoms with Crippen molar-refractivity contribution >= 4 is 26.8 Å². The predicted octanol–water partition coefficient (Wildman–Crippen LogP) is 3.59. The molecule has 2 unspecified atom stereocenters. The molecular formula is C30H34N4O5S. The van der Waals surface area contributed by atoms with Crippen molar-refractivity contribution in [2.24, 2.45) is 5.73 Å². The molecule has 0 saturated heterocycles. The van der Waals surface area contributed by atoms with E-state index in [-0.39, 0.29) is 11.3 Å². The molecule has 9 nitrogen and oxygen atoms in total. The van der Waals surface area contributed by atoms with Gasteiger partial charge in [0.2, 0.25) is 5.91 Å². The SMILES string of the molecule is CN(C)C(CC(NCCOc1ccccc1Cc1ccccc1)c1nccc2c(S(=O)(=O)O)cccc12)C(N)=O. The Morgan fingerprint density at radius 2 is 1.73 bits per heavy atom. The molecular weight excluding hydrogens is 528 g/mol. The normalized spacial score (nSPS) is 13.3. The molecule has 4 N–H and O–H groups in total. The first-order valence-electron chi connectivity index (χ1n) is 12.9. The Bertz CT molecular complexity index is 1560. The summed E-state index contributed by atoms with van der Waals surface area (Å²) in [7, 11) is -0.911. The number of nitrogens with zero attached hydrogens (tertiary/aromatic N) is 2. The number of benzene rings is 3. The lowest BCUT2D eigenvalue weighted by Gasteiger charge is -2.27. The Hall–Kier alpha value is -3.83. The lowest BCUT2D eigenvalue weighted by atomic mass is 9.98. The number of carbonyl (C=O) groups excluding carboxylic acids is 1. The second-order valence-corrected chi connectivity index (χ2v) is 11.2. The van der Waals surface area contributed by atoms with E-state index < -0.39 is 28.1 Å². The summed E-state index contributed by atoms with van der Waals surface area (Å²) in [5.41, 5.74) is 8.50. The fourth-order valence-electron chi connectivity index (χ4n) is 4.80. The van der Waals surface area contributed by atoms with Crippen LogP contribution in [0, 0.1) is 0 Å². The number of fused-ring (bicyclic) bond motifs is 1. The van der Waals surface area contributed by atoms with Crippen molar-refractivity contribution < 1.29 is 22.5 Å². The van der Waals surface area contributed by atoms with Gasteiger partial charge in [-0.25, -0.2) is 0 Å². The van der Waals surface area contributed by atoms with Gasteiger partial charge < -0.3 is 15.8 Å². The zero-order valence-corrected chi connectivity index (χ0v) is 23.3. The molecule has 0 aliphatic heterocycles. The summed E-state index contributed by atoms with van der Waals surface area (Å²) in [6, 6.07) is 23.2. The number of likely N-dealkylation sites (N-methyl/N-ethyl adjacent to an activating group) is 1. The molecule has 0 fully saturated rings. The van der Waals surface area contributed by atoms with Crippen LogP contribution in [-0.4, -0.2) is 62.1 Å². The number of rotatable bonds is 13. The summed E-state index contributed by atoms with van der Waals surface area (Å²) in [4.78, 5) is 18.3. The Balaban J connectivity index is 1.57. The summed E-state index contributed by atoms with van der Waals surface area (Å²) in [6.07, 6.45) is 2.52. The molecule has 2 atom stereocenters. The van der Waals surface area contributed by atoms with Gasteiger partial charge in [0, 0.05) is 29.9 Å². The van der Waals surface area contributed by atoms with Gasteiger partial charge in [-0.15, -0.1) is 0 Å². The van der Waals surface area contributed by atoms with E-state index in [0.29, 0.717) is 29.6 Å². The Kier molecular flexibility index (Phi) is 9.49. The van der Waals surface area contributed by atoms with Crippen LogP contribution in [0.2, 0.25) is 0 Å². The number of primary amides is 1. The van der Waals surface area contributed by atoms with Gasteiger partial charge in [-0.1, -0.05) is 60.7 Å². The molecule has 1 heterocycles. The van der Waals surface area contributed by atoms with Gasteiger partial charge in [-0.05, 0) is 49.8 Å². The van der Waals surface area contributed by atoms with Gasteiger partial charge in [0.05, 0.1) is 17.8 Å². The van der Waals surface area contributed by atoms with E-state index in [2.05, 4.69) is 22.4 Å². The molecule has 210 valence electrons. The minimum atomic E-state index is -4.45. The maximum absolute atomic E-state index is 12.3. The number of nitrogens with two attached hydrogens (primary N) is 1. The van der Waals surface area contributed by atoms with Crippen LogP contribution in [0.3, 0.4) is 0 Å². The van der Waals surface area contributed by atoms with E-state index in [9.17, 15) is 17.8 Å². The fraction of sp³-hybridized carbons (Fsp3) is 0.267. The van der Waals surface area contributed by atoms with Gasteiger partial charge in [-0.3, -0.25) is 19.2 Å². The summed E-state index contributed by atoms with van der Waals surface area (Å²) in [5, 5.41) is 4.32. The van der Waals surface area contributed by atoms with Crippen LogP contribution in [0.25, 0.3) is 10.8 Å². The minimum absolute atomic E-state index is 0.204. The van der Waals surface area contributed by atoms with E-state index >= 15 is 0 Å². The number of amides is 1. The molecule has 4 rings (SSSR count). The molecule has 10 heteroatoms. The average Bonchev–Trinajstić information content (AvgIpc) is 2.92. The van der Waals surface area contributed by atoms with Gasteiger partial charge in [0.1, 0.15) is 17.3 Å². The first-order chi connectivity index (χ1) is 19.1. The topological polar surface area (TPSA) is 135 Å². The second-order valence-electron chi connectivity index (χ2n) is 9.77. The van der Waals surface area contributed by atoms with E-state index in [4.69, 9.17) is 10.5 Å². The number of para-hydroxylation sites is 1. The molecule has 40 heavy (non-hydrogen) atoms. The third-order valence-electron chi connectivity index (χ3n) is 6.78. The third-order valence-corrected chi connectivity index (χ3v) is 7.69. The molecule has 0 radical (unpaired) electrons. The molecule has 0 spiro atoms. The average molecular weight is 563 g/mol. The number of ether oxygens (including phenoxy) is 1. The van der Waals surface area contributed by atoms with Crippen molar-refractivity contribution in [2.75, 3.05) is 27.2 Å². The molecule has 1 amide bonds. The first-order valence-corrected chi connectivity index (χ1v) is 14.4. The van der Waals surface area contributed by atoms with Gasteiger partial charge in [0.15, 0.2) is 0 Å². The van der Waals surface area contributed by atoms with Crippen LogP contribution in [0.4, 0.5) is 0 Å². The highest BCUT2D eigenvalue weighted by Gasteiger charge is 2.27. The lowest BCUT2D eigenvalue weighted by molar-refractivity contribution is -0.122. The number of pyridine rings is 1. The van der Waals surface area contributed by atoms with Crippen molar-refractivity contribution in [3.63, 3.8) is 0 Å². The molecule has 0 aliphatic rings. The van der Waals surface area contributed by atoms with Crippen LogP contribution in [0.5, 0.6) is 5.75 Å². The maximum atomic E-state index is 12.3. The monoisotopic (exact) mass is 562 g/mol. The zero-order valence-electron chi connectivity index (χ0n) is 22.5. The van der Waals surface area contributed by atoms with E-state index in [1.54, 1.807) is 37.2 Å². The summed E-state index contributed by atoms with van der Waals surface area (Å²) in [6.45, 7) is 0.756. The van der Waals surface area contributed by atoms with Crippen molar-refractivity contribution in [1.29, 1.82) is 0 Å². The highest BCUT2D eigenvalue weighted by atomic mass is 32.2. The number of carbonyl (C=O) groups is 1. The number of hydrogen-bond donors (Lipinski definition) is 3. The van der Waals surface area contributed by atoms with Crippen LogP contribution in [0.1, 0.15) is 29.3 Å². The quantitative estimate of drug-likeness (QED) is 0.166. The van der Waals surface area contributed by atoms with Gasteiger partial charge in [-0.2, -0.15) is 8.42 Å². The smallest absolute Gasteiger partial charge is 0.295 e. The van der Waals surface area contributed by atoms with E-state index in [1.807, 2.05) is 42.5 Å². The largest absolute Gasteiger partial charge is 0.492 e. The van der Waals surface area contributed by atoms with Gasteiger partial charge in [0.25, 0.3) is 10.1 Å². The fourth-order valence-corrected chi connectivity index (χ4v) is 5.51. The maximum Gasteiger partial charge on any atom is 0.295 e. The molecule has 3 aromatic carbocycles. The molecule has 0 saturated carbocycles. The lowest BCUT2D eigenvalue weighted by Crippen LogP contribution is -2.43. The summed E-state index contributed by atoms with van der Waals surface area (Å²) in [5.74, 6) is 0.302. The van der Waals surface area contributed by atoms with Crippen molar-refractivity contribution in [1.82, 2.24) is 15.2 Å². The summed E-state index contributed by atoms with van der Waals surface area (Å²) < 4.78 is 39.9. The summed E-state index contributed by atoms with van der Waals surface area (Å²) >= 11 is 0. The molecule has 0 bridgehead atoms. The molecule has 0 aliphatic carbocycles. The molecule has 4 aromatic rings. The Labute approximate surface area is 234 Å². The number of nitrogens with one attached hydrogen (secondary N) is 1. The van der Waals surface area contributed by atoms with Crippen molar-refractivity contribution in [3.8, 4) is 5.75 Å². The van der Waals surface area contributed by atoms with Crippen molar-refractivity contribution in [2.45, 2.75) is 29.8 Å². The Morgan fingerprint density at radius 3 is 2.42 bits per heavy atom. The number of hydrogen-bond acceptors (Lipinski definition) is 7. The van der Waals surface area contributed by atoms with Crippen LogP contribution in [0.15, 0.2) is 90.0 Å². The highest BCUT2D eigenvalue weighted by Crippen LogP contribution is 2.30. The molecule has 1 aromatic heterocycles. The van der Waals surface area contributed by atoms with Crippen molar-refractivity contribution in [3.05, 3.63) is 102 Å². The van der Waals surface area contributed by atoms with E-state index in [1.165, 1.54) is 17.8 Å². The van der Waals surface area contributed by atoms with Crippen LogP contribution < -0.4 is 15.8 Å². The zero-order chi connectivity index (χ0) is 28.7. The standard InChI is InChI=1S/C30H34N4O5S/c1-34(2)26(30(31)35)20-25(29-24-12-8-14-28(40(36,37)38)23(24)15-16-33-29)32-17-18-39-27-13-7-6-11-22(27)19-21-9-4-3-5-10-21/h3-16,25-26,32H,17-20H2,1-2H3,(H2,31,35)(H,36,37,38). The van der Waals surface area contributed by atoms with Crippen LogP contribution >= 0.6 is 0 Å². The van der Waals surface area contributed by atoms with Gasteiger partial charge >= 0.3 is 0 Å². The Morgan fingerprint density at radius 1 is 1.00 bits per heavy atom. The highest BCUT2D eigenvalue weighted by molar-refractivity contribution is 7.86. The second kappa shape index (κ2) is 13.0. The van der Waals surface area contributed by atoms with E-state index in [0.717, 1.165) is 17.7 Å². The van der Waals surface area contributed by atoms with Crippen LogP contribution in [-0.2, 0) is 21.3 Å². The third kappa shape index (κ3) is 7.22. The number of aromatic nitrogens is 1.